The third-order valence-corrected chi connectivity index (χ3v) is 8.62. The van der Waals surface area contributed by atoms with Crippen molar-refractivity contribution in [2.24, 2.45) is 17.8 Å². The maximum absolute atomic E-state index is 12.9. The summed E-state index contributed by atoms with van der Waals surface area (Å²) >= 11 is 0. The number of carbonyl (C=O) groups excluding carboxylic acids is 1. The van der Waals surface area contributed by atoms with Crippen LogP contribution in [0, 0.1) is 17.8 Å². The summed E-state index contributed by atoms with van der Waals surface area (Å²) in [5, 5.41) is 0. The fourth-order valence-electron chi connectivity index (χ4n) is 5.65. The summed E-state index contributed by atoms with van der Waals surface area (Å²) in [6, 6.07) is 0.441. The fourth-order valence-corrected chi connectivity index (χ4v) is 6.53. The number of likely N-dealkylation sites (tertiary alicyclic amines) is 1. The highest BCUT2D eigenvalue weighted by Gasteiger charge is 2.48. The molecule has 3 unspecified atom stereocenters. The lowest BCUT2D eigenvalue weighted by Gasteiger charge is -2.54. The van der Waals surface area contributed by atoms with Gasteiger partial charge < -0.3 is 4.90 Å². The van der Waals surface area contributed by atoms with Gasteiger partial charge in [0, 0.05) is 38.8 Å². The molecule has 0 radical (unpaired) electrons. The van der Waals surface area contributed by atoms with E-state index < -0.39 is 10.0 Å². The first-order chi connectivity index (χ1) is 12.4. The first kappa shape index (κ1) is 18.7. The van der Waals surface area contributed by atoms with Crippen LogP contribution in [0.15, 0.2) is 0 Å². The molecule has 0 aromatic carbocycles. The Morgan fingerprint density at radius 3 is 2.19 bits per heavy atom. The molecule has 148 valence electrons. The van der Waals surface area contributed by atoms with E-state index in [1.54, 1.807) is 4.31 Å². The lowest BCUT2D eigenvalue weighted by molar-refractivity contribution is -0.151. The number of rotatable bonds is 3. The van der Waals surface area contributed by atoms with Gasteiger partial charge in [-0.15, -0.1) is 0 Å². The molecule has 4 heterocycles. The molecule has 4 saturated heterocycles. The molecule has 0 N–H and O–H groups in total. The average Bonchev–Trinajstić information content (AvgIpc) is 2.63. The predicted molar refractivity (Wildman–Crippen MR) is 101 cm³/mol. The second-order valence-electron chi connectivity index (χ2n) is 8.84. The van der Waals surface area contributed by atoms with Crippen LogP contribution in [0.1, 0.15) is 44.9 Å². The molecule has 0 spiro atoms. The van der Waals surface area contributed by atoms with E-state index in [0.717, 1.165) is 58.3 Å². The Morgan fingerprint density at radius 1 is 0.885 bits per heavy atom. The van der Waals surface area contributed by atoms with Crippen molar-refractivity contribution >= 4 is 15.9 Å². The van der Waals surface area contributed by atoms with Gasteiger partial charge in [-0.1, -0.05) is 0 Å². The summed E-state index contributed by atoms with van der Waals surface area (Å²) in [4.78, 5) is 17.5. The first-order valence-corrected chi connectivity index (χ1v) is 12.3. The second-order valence-corrected chi connectivity index (χ2v) is 10.8. The highest BCUT2D eigenvalue weighted by Crippen LogP contribution is 2.42. The molecular weight excluding hydrogens is 350 g/mol. The zero-order chi connectivity index (χ0) is 18.3. The molecule has 0 aliphatic carbocycles. The van der Waals surface area contributed by atoms with E-state index in [9.17, 15) is 13.2 Å². The van der Waals surface area contributed by atoms with E-state index >= 15 is 0 Å². The van der Waals surface area contributed by atoms with Crippen molar-refractivity contribution in [3.05, 3.63) is 0 Å². The highest BCUT2D eigenvalue weighted by molar-refractivity contribution is 7.88. The standard InChI is InChI=1S/C19H33N3O3S/c1-26(24,25)22-11-6-15(7-12-22)16-5-10-21-14-17(18(21)13-16)19(23)20-8-3-2-4-9-20/h15-18H,2-14H2,1H3. The minimum absolute atomic E-state index is 0.215. The smallest absolute Gasteiger partial charge is 0.228 e. The van der Waals surface area contributed by atoms with E-state index in [0.29, 0.717) is 36.9 Å². The normalized spacial score (nSPS) is 35.0. The Kier molecular flexibility index (Phi) is 5.32. The van der Waals surface area contributed by atoms with E-state index in [-0.39, 0.29) is 5.92 Å². The third-order valence-electron chi connectivity index (χ3n) is 7.32. The van der Waals surface area contributed by atoms with Gasteiger partial charge in [0.05, 0.1) is 12.2 Å². The number of fused-ring (bicyclic) bond motifs is 1. The molecule has 6 nitrogen and oxygen atoms in total. The lowest BCUT2D eigenvalue weighted by Crippen LogP contribution is -2.65. The van der Waals surface area contributed by atoms with Gasteiger partial charge >= 0.3 is 0 Å². The molecule has 0 bridgehead atoms. The van der Waals surface area contributed by atoms with Gasteiger partial charge in [0.15, 0.2) is 0 Å². The molecule has 26 heavy (non-hydrogen) atoms. The van der Waals surface area contributed by atoms with Crippen molar-refractivity contribution in [1.82, 2.24) is 14.1 Å². The fraction of sp³-hybridized carbons (Fsp3) is 0.947. The molecule has 7 heteroatoms. The average molecular weight is 384 g/mol. The van der Waals surface area contributed by atoms with Gasteiger partial charge in [0.25, 0.3) is 0 Å². The maximum atomic E-state index is 12.9. The van der Waals surface area contributed by atoms with Gasteiger partial charge in [-0.3, -0.25) is 9.69 Å². The van der Waals surface area contributed by atoms with Crippen LogP contribution >= 0.6 is 0 Å². The number of piperidine rings is 3. The quantitative estimate of drug-likeness (QED) is 0.739. The van der Waals surface area contributed by atoms with Crippen molar-refractivity contribution in [3.63, 3.8) is 0 Å². The van der Waals surface area contributed by atoms with Crippen LogP contribution in [0.25, 0.3) is 0 Å². The summed E-state index contributed by atoms with van der Waals surface area (Å²) in [6.07, 6.45) is 9.21. The molecule has 0 aromatic rings. The highest BCUT2D eigenvalue weighted by atomic mass is 32.2. The van der Waals surface area contributed by atoms with E-state index in [1.807, 2.05) is 0 Å². The molecular formula is C19H33N3O3S. The van der Waals surface area contributed by atoms with Crippen molar-refractivity contribution < 1.29 is 13.2 Å². The number of sulfonamides is 1. The summed E-state index contributed by atoms with van der Waals surface area (Å²) in [5.74, 6) is 1.90. The number of hydrogen-bond donors (Lipinski definition) is 0. The van der Waals surface area contributed by atoms with E-state index in [2.05, 4.69) is 9.80 Å². The summed E-state index contributed by atoms with van der Waals surface area (Å²) < 4.78 is 25.1. The topological polar surface area (TPSA) is 60.9 Å². The minimum Gasteiger partial charge on any atom is -0.342 e. The van der Waals surface area contributed by atoms with Crippen molar-refractivity contribution in [1.29, 1.82) is 0 Å². The van der Waals surface area contributed by atoms with Crippen LogP contribution in [0.4, 0.5) is 0 Å². The number of nitrogens with zero attached hydrogens (tertiary/aromatic N) is 3. The Bertz CT molecular complexity index is 624. The number of amides is 1. The van der Waals surface area contributed by atoms with Crippen LogP contribution < -0.4 is 0 Å². The molecule has 1 amide bonds. The Hall–Kier alpha value is -0.660. The third kappa shape index (κ3) is 3.67. The van der Waals surface area contributed by atoms with Gasteiger partial charge in [0.2, 0.25) is 15.9 Å². The second kappa shape index (κ2) is 7.40. The zero-order valence-corrected chi connectivity index (χ0v) is 16.8. The van der Waals surface area contributed by atoms with Gasteiger partial charge in [0.1, 0.15) is 0 Å². The minimum atomic E-state index is -3.05. The van der Waals surface area contributed by atoms with Crippen molar-refractivity contribution in [2.75, 3.05) is 45.5 Å². The van der Waals surface area contributed by atoms with Crippen molar-refractivity contribution in [2.45, 2.75) is 51.0 Å². The lowest BCUT2D eigenvalue weighted by atomic mass is 9.70. The molecule has 4 rings (SSSR count). The maximum Gasteiger partial charge on any atom is 0.228 e. The van der Waals surface area contributed by atoms with Crippen molar-refractivity contribution in [3.8, 4) is 0 Å². The monoisotopic (exact) mass is 383 g/mol. The number of carbonyl (C=O) groups is 1. The van der Waals surface area contributed by atoms with Gasteiger partial charge in [-0.25, -0.2) is 12.7 Å². The van der Waals surface area contributed by atoms with E-state index in [1.165, 1.54) is 19.1 Å². The molecule has 0 aromatic heterocycles. The predicted octanol–water partition coefficient (Wildman–Crippen LogP) is 1.38. The molecule has 0 saturated carbocycles. The summed E-state index contributed by atoms with van der Waals surface area (Å²) in [6.45, 7) is 5.32. The van der Waals surface area contributed by atoms with Crippen LogP contribution in [-0.4, -0.2) is 80.0 Å². The molecule has 4 aliphatic rings. The molecule has 4 fully saturated rings. The SMILES string of the molecule is CS(=O)(=O)N1CCC(C2CCN3CC(C(=O)N4CCCCC4)C3C2)CC1. The Balaban J connectivity index is 1.32. The summed E-state index contributed by atoms with van der Waals surface area (Å²) in [7, 11) is -3.05. The molecule has 4 aliphatic heterocycles. The van der Waals surface area contributed by atoms with Crippen LogP contribution in [-0.2, 0) is 14.8 Å². The Labute approximate surface area is 157 Å². The van der Waals surface area contributed by atoms with Gasteiger partial charge in [-0.05, 0) is 63.3 Å². The zero-order valence-electron chi connectivity index (χ0n) is 16.0. The number of hydrogen-bond acceptors (Lipinski definition) is 4. The van der Waals surface area contributed by atoms with Crippen LogP contribution in [0.3, 0.4) is 0 Å². The Morgan fingerprint density at radius 2 is 1.54 bits per heavy atom. The van der Waals surface area contributed by atoms with Gasteiger partial charge in [-0.2, -0.15) is 0 Å². The van der Waals surface area contributed by atoms with E-state index in [4.69, 9.17) is 0 Å². The molecule has 3 atom stereocenters. The van der Waals surface area contributed by atoms with Crippen LogP contribution in [0.5, 0.6) is 0 Å². The largest absolute Gasteiger partial charge is 0.342 e. The van der Waals surface area contributed by atoms with Crippen LogP contribution in [0.2, 0.25) is 0 Å². The summed E-state index contributed by atoms with van der Waals surface area (Å²) in [5.41, 5.74) is 0. The first-order valence-electron chi connectivity index (χ1n) is 10.4.